The van der Waals surface area contributed by atoms with Gasteiger partial charge in [0.05, 0.1) is 0 Å². The van der Waals surface area contributed by atoms with E-state index in [1.54, 1.807) is 5.56 Å². The fraction of sp³-hybridized carbons (Fsp3) is 0.400. The summed E-state index contributed by atoms with van der Waals surface area (Å²) < 4.78 is 0. The second-order valence-corrected chi connectivity index (χ2v) is 7.47. The first kappa shape index (κ1) is 14.8. The maximum Gasteiger partial charge on any atom is 0.0429 e. The summed E-state index contributed by atoms with van der Waals surface area (Å²) in [5.74, 6) is 0.694. The zero-order valence-corrected chi connectivity index (χ0v) is 14.7. The highest BCUT2D eigenvalue weighted by molar-refractivity contribution is 9.09. The largest absolute Gasteiger partial charge is 0.0836 e. The van der Waals surface area contributed by atoms with Gasteiger partial charge in [-0.3, -0.25) is 0 Å². The Bertz CT molecular complexity index is 634. The van der Waals surface area contributed by atoms with Crippen molar-refractivity contribution in [1.29, 1.82) is 0 Å². The molecule has 0 amide bonds. The molecule has 0 saturated heterocycles. The van der Waals surface area contributed by atoms with Crippen LogP contribution in [0, 0.1) is 26.7 Å². The molecule has 1 aliphatic rings. The van der Waals surface area contributed by atoms with Crippen molar-refractivity contribution in [2.45, 2.75) is 44.9 Å². The molecule has 0 spiro atoms. The number of rotatable bonds is 2. The predicted octanol–water partition coefficient (Wildman–Crippen LogP) is 5.85. The van der Waals surface area contributed by atoms with Crippen LogP contribution in [0.1, 0.15) is 44.6 Å². The molecule has 0 fully saturated rings. The Morgan fingerprint density at radius 3 is 2.43 bits per heavy atom. The summed E-state index contributed by atoms with van der Waals surface area (Å²) in [6.07, 6.45) is 3.68. The van der Waals surface area contributed by atoms with Crippen LogP contribution in [0.4, 0.5) is 0 Å². The van der Waals surface area contributed by atoms with E-state index in [0.717, 1.165) is 0 Å². The quantitative estimate of drug-likeness (QED) is 0.600. The molecule has 21 heavy (non-hydrogen) atoms. The molecular weight excluding hydrogens is 320 g/mol. The van der Waals surface area contributed by atoms with Gasteiger partial charge in [-0.25, -0.2) is 0 Å². The van der Waals surface area contributed by atoms with Crippen LogP contribution in [0.5, 0.6) is 0 Å². The summed E-state index contributed by atoms with van der Waals surface area (Å²) >= 11 is 3.97. The smallest absolute Gasteiger partial charge is 0.0429 e. The Morgan fingerprint density at radius 1 is 1.05 bits per heavy atom. The fourth-order valence-electron chi connectivity index (χ4n) is 3.77. The van der Waals surface area contributed by atoms with E-state index < -0.39 is 0 Å². The fourth-order valence-corrected chi connectivity index (χ4v) is 4.67. The Hall–Kier alpha value is -1.08. The van der Waals surface area contributed by atoms with Crippen molar-refractivity contribution in [1.82, 2.24) is 0 Å². The van der Waals surface area contributed by atoms with E-state index in [9.17, 15) is 0 Å². The van der Waals surface area contributed by atoms with Gasteiger partial charge in [-0.15, -0.1) is 0 Å². The summed E-state index contributed by atoms with van der Waals surface area (Å²) in [6, 6.07) is 13.5. The average Bonchev–Trinajstić information content (AvgIpc) is 2.45. The topological polar surface area (TPSA) is 0 Å². The zero-order valence-electron chi connectivity index (χ0n) is 13.1. The minimum absolute atomic E-state index is 0.488. The van der Waals surface area contributed by atoms with Crippen LogP contribution in [0.2, 0.25) is 0 Å². The number of fused-ring (bicyclic) bond motifs is 1. The van der Waals surface area contributed by atoms with Crippen molar-refractivity contribution in [2.75, 3.05) is 0 Å². The Labute approximate surface area is 136 Å². The van der Waals surface area contributed by atoms with Gasteiger partial charge < -0.3 is 0 Å². The standard InChI is InChI=1S/C20H23Br/c1-13-10-14(2)19(15(3)11-13)12-17-9-8-16-6-4-5-7-18(16)20(17)21/h4-7,10-11,17,20H,8-9,12H2,1-3H3. The van der Waals surface area contributed by atoms with E-state index in [4.69, 9.17) is 0 Å². The van der Waals surface area contributed by atoms with Crippen molar-refractivity contribution in [2.24, 2.45) is 5.92 Å². The Morgan fingerprint density at radius 2 is 1.71 bits per heavy atom. The van der Waals surface area contributed by atoms with E-state index >= 15 is 0 Å². The summed E-state index contributed by atoms with van der Waals surface area (Å²) in [5.41, 5.74) is 8.84. The Balaban J connectivity index is 1.87. The number of alkyl halides is 1. The molecule has 2 aromatic rings. The van der Waals surface area contributed by atoms with Gasteiger partial charge in [0.15, 0.2) is 0 Å². The number of aryl methyl sites for hydroxylation is 4. The first-order valence-electron chi connectivity index (χ1n) is 7.85. The van der Waals surface area contributed by atoms with Gasteiger partial charge in [-0.1, -0.05) is 57.9 Å². The molecule has 110 valence electrons. The van der Waals surface area contributed by atoms with Crippen molar-refractivity contribution in [3.05, 3.63) is 69.8 Å². The maximum atomic E-state index is 3.97. The Kier molecular flexibility index (Phi) is 4.21. The molecule has 2 atom stereocenters. The SMILES string of the molecule is Cc1cc(C)c(CC2CCc3ccccc3C2Br)c(C)c1. The normalized spacial score (nSPS) is 21.1. The van der Waals surface area contributed by atoms with Crippen LogP contribution < -0.4 is 0 Å². The number of hydrogen-bond acceptors (Lipinski definition) is 0. The molecule has 0 bridgehead atoms. The van der Waals surface area contributed by atoms with Crippen molar-refractivity contribution in [3.8, 4) is 0 Å². The number of halogens is 1. The molecule has 3 rings (SSSR count). The van der Waals surface area contributed by atoms with Gasteiger partial charge in [0.25, 0.3) is 0 Å². The van der Waals surface area contributed by atoms with Gasteiger partial charge in [0.1, 0.15) is 0 Å². The second-order valence-electron chi connectivity index (χ2n) is 6.48. The zero-order chi connectivity index (χ0) is 15.0. The third-order valence-corrected chi connectivity index (χ3v) is 6.10. The molecule has 1 heteroatoms. The van der Waals surface area contributed by atoms with Crippen molar-refractivity contribution in [3.63, 3.8) is 0 Å². The van der Waals surface area contributed by atoms with Gasteiger partial charge in [0, 0.05) is 4.83 Å². The molecule has 0 heterocycles. The minimum atomic E-state index is 0.488. The molecular formula is C20H23Br. The highest BCUT2D eigenvalue weighted by Crippen LogP contribution is 2.42. The first-order chi connectivity index (χ1) is 10.1. The molecule has 0 nitrogen and oxygen atoms in total. The molecule has 0 aliphatic heterocycles. The van der Waals surface area contributed by atoms with Crippen molar-refractivity contribution >= 4 is 15.9 Å². The summed E-state index contributed by atoms with van der Waals surface area (Å²) in [6.45, 7) is 6.71. The van der Waals surface area contributed by atoms with Gasteiger partial charge in [0.2, 0.25) is 0 Å². The van der Waals surface area contributed by atoms with Crippen LogP contribution >= 0.6 is 15.9 Å². The molecule has 2 unspecified atom stereocenters. The van der Waals surface area contributed by atoms with Crippen LogP contribution in [-0.2, 0) is 12.8 Å². The predicted molar refractivity (Wildman–Crippen MR) is 94.3 cm³/mol. The van der Waals surface area contributed by atoms with Gasteiger partial charge in [-0.2, -0.15) is 0 Å². The average molecular weight is 343 g/mol. The number of hydrogen-bond donors (Lipinski definition) is 0. The van der Waals surface area contributed by atoms with Crippen LogP contribution in [-0.4, -0.2) is 0 Å². The first-order valence-corrected chi connectivity index (χ1v) is 8.76. The summed E-state index contributed by atoms with van der Waals surface area (Å²) in [4.78, 5) is 0.488. The van der Waals surface area contributed by atoms with Gasteiger partial charge >= 0.3 is 0 Å². The third-order valence-electron chi connectivity index (χ3n) is 4.86. The van der Waals surface area contributed by atoms with Crippen LogP contribution in [0.25, 0.3) is 0 Å². The van der Waals surface area contributed by atoms with E-state index in [2.05, 4.69) is 73.1 Å². The maximum absolute atomic E-state index is 3.97. The van der Waals surface area contributed by atoms with Crippen LogP contribution in [0.3, 0.4) is 0 Å². The summed E-state index contributed by atoms with van der Waals surface area (Å²) in [7, 11) is 0. The second kappa shape index (κ2) is 5.96. The highest BCUT2D eigenvalue weighted by atomic mass is 79.9. The van der Waals surface area contributed by atoms with E-state index in [1.807, 2.05) is 0 Å². The van der Waals surface area contributed by atoms with E-state index in [-0.39, 0.29) is 0 Å². The molecule has 2 aromatic carbocycles. The molecule has 0 saturated carbocycles. The van der Waals surface area contributed by atoms with E-state index in [0.29, 0.717) is 10.7 Å². The molecule has 0 aromatic heterocycles. The highest BCUT2D eigenvalue weighted by Gasteiger charge is 2.28. The summed E-state index contributed by atoms with van der Waals surface area (Å²) in [5, 5.41) is 0. The lowest BCUT2D eigenvalue weighted by atomic mass is 9.79. The third kappa shape index (κ3) is 2.94. The molecule has 1 aliphatic carbocycles. The van der Waals surface area contributed by atoms with Crippen molar-refractivity contribution < 1.29 is 0 Å². The number of benzene rings is 2. The van der Waals surface area contributed by atoms with E-state index in [1.165, 1.54) is 47.1 Å². The van der Waals surface area contributed by atoms with Gasteiger partial charge in [-0.05, 0) is 73.8 Å². The lowest BCUT2D eigenvalue weighted by Crippen LogP contribution is -2.19. The minimum Gasteiger partial charge on any atom is -0.0836 e. The molecule has 0 radical (unpaired) electrons. The molecule has 0 N–H and O–H groups in total. The lowest BCUT2D eigenvalue weighted by molar-refractivity contribution is 0.451. The lowest BCUT2D eigenvalue weighted by Gasteiger charge is -2.31. The monoisotopic (exact) mass is 342 g/mol. The van der Waals surface area contributed by atoms with Crippen LogP contribution in [0.15, 0.2) is 36.4 Å².